The van der Waals surface area contributed by atoms with Crippen LogP contribution in [0, 0.1) is 6.92 Å². The van der Waals surface area contributed by atoms with E-state index in [2.05, 4.69) is 20.6 Å². The fourth-order valence-corrected chi connectivity index (χ4v) is 2.78. The summed E-state index contributed by atoms with van der Waals surface area (Å²) in [4.78, 5) is 9.03. The van der Waals surface area contributed by atoms with Gasteiger partial charge in [-0.2, -0.15) is 4.98 Å². The lowest BCUT2D eigenvalue weighted by atomic mass is 10.2. The summed E-state index contributed by atoms with van der Waals surface area (Å²) in [6.07, 6.45) is 0. The van der Waals surface area contributed by atoms with Gasteiger partial charge in [0, 0.05) is 23.5 Å². The molecule has 7 heteroatoms. The number of anilines is 4. The lowest BCUT2D eigenvalue weighted by Crippen LogP contribution is -2.04. The van der Waals surface area contributed by atoms with Crippen LogP contribution in [0.5, 0.6) is 17.2 Å². The standard InChI is InChI=1S/C20H20N4O3/c1-3-25-16-7-5-4-6-15(16)23-20-21-13(2)10-19(24-20)22-14-8-9-17-18(11-14)27-12-26-17/h4-11H,3,12H2,1-2H3,(H2,21,22,23,24). The van der Waals surface area contributed by atoms with Crippen LogP contribution in [-0.4, -0.2) is 23.4 Å². The SMILES string of the molecule is CCOc1ccccc1Nc1nc(C)cc(Nc2ccc3c(c2)OCO3)n1. The Morgan fingerprint density at radius 1 is 1.00 bits per heavy atom. The van der Waals surface area contributed by atoms with Gasteiger partial charge in [-0.3, -0.25) is 0 Å². The molecule has 1 aliphatic heterocycles. The third-order valence-corrected chi connectivity index (χ3v) is 3.93. The largest absolute Gasteiger partial charge is 0.492 e. The van der Waals surface area contributed by atoms with Crippen molar-refractivity contribution in [2.75, 3.05) is 24.0 Å². The highest BCUT2D eigenvalue weighted by Gasteiger charge is 2.14. The Kier molecular flexibility index (Phi) is 4.65. The third kappa shape index (κ3) is 3.87. The highest BCUT2D eigenvalue weighted by atomic mass is 16.7. The van der Waals surface area contributed by atoms with Gasteiger partial charge in [-0.05, 0) is 38.1 Å². The van der Waals surface area contributed by atoms with Crippen molar-refractivity contribution in [1.29, 1.82) is 0 Å². The van der Waals surface area contributed by atoms with Crippen LogP contribution in [0.25, 0.3) is 0 Å². The van der Waals surface area contributed by atoms with E-state index in [1.807, 2.05) is 62.4 Å². The third-order valence-electron chi connectivity index (χ3n) is 3.93. The molecule has 0 bridgehead atoms. The molecular weight excluding hydrogens is 344 g/mol. The van der Waals surface area contributed by atoms with E-state index in [-0.39, 0.29) is 6.79 Å². The molecule has 3 aromatic rings. The van der Waals surface area contributed by atoms with Gasteiger partial charge in [0.05, 0.1) is 12.3 Å². The molecule has 0 saturated heterocycles. The molecule has 0 fully saturated rings. The van der Waals surface area contributed by atoms with Crippen LogP contribution in [0.3, 0.4) is 0 Å². The Morgan fingerprint density at radius 2 is 1.85 bits per heavy atom. The Bertz CT molecular complexity index is 962. The Labute approximate surface area is 157 Å². The van der Waals surface area contributed by atoms with Gasteiger partial charge in [0.2, 0.25) is 12.7 Å². The lowest BCUT2D eigenvalue weighted by Gasteiger charge is -2.13. The Balaban J connectivity index is 1.57. The van der Waals surface area contributed by atoms with Crippen LogP contribution in [0.1, 0.15) is 12.6 Å². The molecule has 1 aliphatic rings. The minimum absolute atomic E-state index is 0.249. The van der Waals surface area contributed by atoms with E-state index in [9.17, 15) is 0 Å². The van der Waals surface area contributed by atoms with Gasteiger partial charge in [0.25, 0.3) is 0 Å². The smallest absolute Gasteiger partial charge is 0.231 e. The van der Waals surface area contributed by atoms with Crippen LogP contribution in [-0.2, 0) is 0 Å². The number of nitrogens with one attached hydrogen (secondary N) is 2. The average molecular weight is 364 g/mol. The number of hydrogen-bond acceptors (Lipinski definition) is 7. The van der Waals surface area contributed by atoms with E-state index in [4.69, 9.17) is 14.2 Å². The maximum absolute atomic E-state index is 5.65. The maximum Gasteiger partial charge on any atom is 0.231 e. The summed E-state index contributed by atoms with van der Waals surface area (Å²) < 4.78 is 16.4. The van der Waals surface area contributed by atoms with Crippen molar-refractivity contribution in [3.63, 3.8) is 0 Å². The zero-order chi connectivity index (χ0) is 18.6. The summed E-state index contributed by atoms with van der Waals surface area (Å²) in [5, 5.41) is 6.52. The summed E-state index contributed by atoms with van der Waals surface area (Å²) in [6, 6.07) is 15.3. The second kappa shape index (κ2) is 7.41. The van der Waals surface area contributed by atoms with E-state index in [1.165, 1.54) is 0 Å². The van der Waals surface area contributed by atoms with Crippen molar-refractivity contribution < 1.29 is 14.2 Å². The molecule has 2 N–H and O–H groups in total. The highest BCUT2D eigenvalue weighted by molar-refractivity contribution is 5.65. The molecule has 27 heavy (non-hydrogen) atoms. The minimum Gasteiger partial charge on any atom is -0.492 e. The zero-order valence-corrected chi connectivity index (χ0v) is 15.2. The van der Waals surface area contributed by atoms with Crippen molar-refractivity contribution in [3.05, 3.63) is 54.2 Å². The van der Waals surface area contributed by atoms with Gasteiger partial charge >= 0.3 is 0 Å². The van der Waals surface area contributed by atoms with Crippen LogP contribution >= 0.6 is 0 Å². The van der Waals surface area contributed by atoms with Crippen LogP contribution < -0.4 is 24.8 Å². The first-order valence-electron chi connectivity index (χ1n) is 8.72. The predicted octanol–water partition coefficient (Wildman–Crippen LogP) is 4.40. The van der Waals surface area contributed by atoms with Crippen LogP contribution in [0.2, 0.25) is 0 Å². The Morgan fingerprint density at radius 3 is 2.74 bits per heavy atom. The first kappa shape index (κ1) is 17.0. The lowest BCUT2D eigenvalue weighted by molar-refractivity contribution is 0.174. The summed E-state index contributed by atoms with van der Waals surface area (Å²) in [6.45, 7) is 4.71. The quantitative estimate of drug-likeness (QED) is 0.671. The van der Waals surface area contributed by atoms with Gasteiger partial charge in [-0.25, -0.2) is 4.98 Å². The molecular formula is C20H20N4O3. The predicted molar refractivity (Wildman–Crippen MR) is 104 cm³/mol. The van der Waals surface area contributed by atoms with Gasteiger partial charge in [-0.1, -0.05) is 12.1 Å². The number of aryl methyl sites for hydroxylation is 1. The molecule has 2 aromatic carbocycles. The monoisotopic (exact) mass is 364 g/mol. The van der Waals surface area contributed by atoms with E-state index in [0.29, 0.717) is 18.4 Å². The molecule has 4 rings (SSSR count). The van der Waals surface area contributed by atoms with Crippen LogP contribution in [0.15, 0.2) is 48.5 Å². The van der Waals surface area contributed by atoms with Gasteiger partial charge in [0.1, 0.15) is 11.6 Å². The summed E-state index contributed by atoms with van der Waals surface area (Å²) in [5.74, 6) is 3.39. The molecule has 7 nitrogen and oxygen atoms in total. The molecule has 1 aromatic heterocycles. The van der Waals surface area contributed by atoms with Crippen molar-refractivity contribution in [2.45, 2.75) is 13.8 Å². The number of rotatable bonds is 6. The normalized spacial score (nSPS) is 11.9. The van der Waals surface area contributed by atoms with Gasteiger partial charge in [-0.15, -0.1) is 0 Å². The highest BCUT2D eigenvalue weighted by Crippen LogP contribution is 2.35. The second-order valence-electron chi connectivity index (χ2n) is 5.97. The molecule has 138 valence electrons. The number of nitrogens with zero attached hydrogens (tertiary/aromatic N) is 2. The fourth-order valence-electron chi connectivity index (χ4n) is 2.78. The molecule has 0 radical (unpaired) electrons. The summed E-state index contributed by atoms with van der Waals surface area (Å²) >= 11 is 0. The number of fused-ring (bicyclic) bond motifs is 1. The first-order chi connectivity index (χ1) is 13.2. The topological polar surface area (TPSA) is 77.5 Å². The number of hydrogen-bond donors (Lipinski definition) is 2. The van der Waals surface area contributed by atoms with E-state index in [1.54, 1.807) is 0 Å². The van der Waals surface area contributed by atoms with E-state index < -0.39 is 0 Å². The Hall–Kier alpha value is -3.48. The summed E-state index contributed by atoms with van der Waals surface area (Å²) in [7, 11) is 0. The van der Waals surface area contributed by atoms with Crippen molar-refractivity contribution >= 4 is 23.1 Å². The van der Waals surface area contributed by atoms with E-state index >= 15 is 0 Å². The molecule has 0 amide bonds. The molecule has 2 heterocycles. The molecule has 0 aliphatic carbocycles. The number of para-hydroxylation sites is 2. The molecule has 0 atom stereocenters. The molecule has 0 saturated carbocycles. The molecule has 0 spiro atoms. The van der Waals surface area contributed by atoms with Crippen molar-refractivity contribution in [1.82, 2.24) is 9.97 Å². The zero-order valence-electron chi connectivity index (χ0n) is 15.2. The van der Waals surface area contributed by atoms with Gasteiger partial charge < -0.3 is 24.8 Å². The second-order valence-corrected chi connectivity index (χ2v) is 5.97. The van der Waals surface area contributed by atoms with Crippen molar-refractivity contribution in [2.24, 2.45) is 0 Å². The van der Waals surface area contributed by atoms with E-state index in [0.717, 1.165) is 34.3 Å². The minimum atomic E-state index is 0.249. The first-order valence-corrected chi connectivity index (χ1v) is 8.72. The van der Waals surface area contributed by atoms with Crippen molar-refractivity contribution in [3.8, 4) is 17.2 Å². The number of ether oxygens (including phenoxy) is 3. The summed E-state index contributed by atoms with van der Waals surface area (Å²) in [5.41, 5.74) is 2.52. The number of benzene rings is 2. The van der Waals surface area contributed by atoms with Gasteiger partial charge in [0.15, 0.2) is 11.5 Å². The van der Waals surface area contributed by atoms with Crippen LogP contribution in [0.4, 0.5) is 23.1 Å². The number of aromatic nitrogens is 2. The fraction of sp³-hybridized carbons (Fsp3) is 0.200. The molecule has 0 unspecified atom stereocenters. The average Bonchev–Trinajstić information content (AvgIpc) is 3.11. The maximum atomic E-state index is 5.65.